The Balaban J connectivity index is 2.47. The highest BCUT2D eigenvalue weighted by Crippen LogP contribution is 2.19. The normalized spacial score (nSPS) is 10.0. The van der Waals surface area contributed by atoms with Crippen molar-refractivity contribution in [3.63, 3.8) is 0 Å². The standard InChI is InChI=1S/C14H10FNO3/c1-19-14(18)11-6-7-12(16-13(11)8-17)9-2-4-10(15)5-3-9/h2-8H,1H3. The van der Waals surface area contributed by atoms with E-state index in [9.17, 15) is 14.0 Å². The van der Waals surface area contributed by atoms with E-state index in [2.05, 4.69) is 9.72 Å². The summed E-state index contributed by atoms with van der Waals surface area (Å²) in [5.74, 6) is -0.981. The molecule has 0 spiro atoms. The van der Waals surface area contributed by atoms with E-state index in [1.54, 1.807) is 18.2 Å². The number of ether oxygens (including phenoxy) is 1. The van der Waals surface area contributed by atoms with Crippen LogP contribution in [0.5, 0.6) is 0 Å². The van der Waals surface area contributed by atoms with Crippen molar-refractivity contribution in [1.29, 1.82) is 0 Å². The summed E-state index contributed by atoms with van der Waals surface area (Å²) in [5, 5.41) is 0. The van der Waals surface area contributed by atoms with E-state index in [4.69, 9.17) is 0 Å². The maximum Gasteiger partial charge on any atom is 0.340 e. The molecule has 2 rings (SSSR count). The highest BCUT2D eigenvalue weighted by atomic mass is 19.1. The highest BCUT2D eigenvalue weighted by molar-refractivity contribution is 5.97. The lowest BCUT2D eigenvalue weighted by atomic mass is 10.1. The van der Waals surface area contributed by atoms with Gasteiger partial charge in [-0.05, 0) is 36.4 Å². The summed E-state index contributed by atoms with van der Waals surface area (Å²) in [7, 11) is 1.23. The van der Waals surface area contributed by atoms with Gasteiger partial charge in [-0.1, -0.05) is 0 Å². The van der Waals surface area contributed by atoms with Gasteiger partial charge in [0.1, 0.15) is 11.5 Å². The van der Waals surface area contributed by atoms with Crippen molar-refractivity contribution in [2.75, 3.05) is 7.11 Å². The van der Waals surface area contributed by atoms with E-state index in [1.807, 2.05) is 0 Å². The van der Waals surface area contributed by atoms with Crippen LogP contribution in [-0.4, -0.2) is 24.3 Å². The van der Waals surface area contributed by atoms with Crippen molar-refractivity contribution in [2.45, 2.75) is 0 Å². The second kappa shape index (κ2) is 5.39. The fraction of sp³-hybridized carbons (Fsp3) is 0.0714. The Labute approximate surface area is 108 Å². The maximum atomic E-state index is 12.8. The topological polar surface area (TPSA) is 56.3 Å². The van der Waals surface area contributed by atoms with E-state index in [0.29, 0.717) is 17.5 Å². The van der Waals surface area contributed by atoms with Crippen molar-refractivity contribution in [1.82, 2.24) is 4.98 Å². The molecule has 0 saturated heterocycles. The first-order valence-corrected chi connectivity index (χ1v) is 5.46. The van der Waals surface area contributed by atoms with Gasteiger partial charge in [-0.3, -0.25) is 4.79 Å². The summed E-state index contributed by atoms with van der Waals surface area (Å²) >= 11 is 0. The molecular weight excluding hydrogens is 249 g/mol. The van der Waals surface area contributed by atoms with Crippen molar-refractivity contribution in [3.05, 3.63) is 53.5 Å². The molecule has 0 aliphatic rings. The summed E-state index contributed by atoms with van der Waals surface area (Å²) in [5.41, 5.74) is 1.23. The number of pyridine rings is 1. The van der Waals surface area contributed by atoms with E-state index in [1.165, 1.54) is 25.3 Å². The van der Waals surface area contributed by atoms with E-state index in [-0.39, 0.29) is 17.1 Å². The van der Waals surface area contributed by atoms with Crippen LogP contribution in [0.15, 0.2) is 36.4 Å². The Hall–Kier alpha value is -2.56. The molecule has 5 heteroatoms. The van der Waals surface area contributed by atoms with Crippen LogP contribution in [0.1, 0.15) is 20.8 Å². The Morgan fingerprint density at radius 3 is 2.47 bits per heavy atom. The van der Waals surface area contributed by atoms with Crippen LogP contribution in [-0.2, 0) is 4.74 Å². The van der Waals surface area contributed by atoms with Gasteiger partial charge in [0.2, 0.25) is 0 Å². The molecule has 4 nitrogen and oxygen atoms in total. The Morgan fingerprint density at radius 1 is 1.21 bits per heavy atom. The van der Waals surface area contributed by atoms with Crippen molar-refractivity contribution in [3.8, 4) is 11.3 Å². The Bertz CT molecular complexity index is 623. The van der Waals surface area contributed by atoms with Crippen LogP contribution >= 0.6 is 0 Å². The van der Waals surface area contributed by atoms with Gasteiger partial charge in [-0.2, -0.15) is 0 Å². The van der Waals surface area contributed by atoms with Crippen LogP contribution < -0.4 is 0 Å². The number of methoxy groups -OCH3 is 1. The van der Waals surface area contributed by atoms with Crippen LogP contribution in [0.3, 0.4) is 0 Å². The fourth-order valence-electron chi connectivity index (χ4n) is 1.63. The summed E-state index contributed by atoms with van der Waals surface area (Å²) in [6, 6.07) is 8.72. The van der Waals surface area contributed by atoms with Crippen molar-refractivity contribution >= 4 is 12.3 Å². The molecule has 0 N–H and O–H groups in total. The van der Waals surface area contributed by atoms with Gasteiger partial charge in [-0.25, -0.2) is 14.2 Å². The molecule has 0 saturated carbocycles. The molecule has 0 aliphatic carbocycles. The van der Waals surface area contributed by atoms with E-state index in [0.717, 1.165) is 0 Å². The Morgan fingerprint density at radius 2 is 1.89 bits per heavy atom. The maximum absolute atomic E-state index is 12.8. The number of benzene rings is 1. The third-order valence-electron chi connectivity index (χ3n) is 2.58. The number of carbonyl (C=O) groups excluding carboxylic acids is 2. The molecule has 0 aliphatic heterocycles. The zero-order valence-corrected chi connectivity index (χ0v) is 10.1. The number of carbonyl (C=O) groups is 2. The quantitative estimate of drug-likeness (QED) is 0.627. The van der Waals surface area contributed by atoms with Crippen LogP contribution in [0.25, 0.3) is 11.3 Å². The van der Waals surface area contributed by atoms with Gasteiger partial charge < -0.3 is 4.74 Å². The van der Waals surface area contributed by atoms with Crippen LogP contribution in [0, 0.1) is 5.82 Å². The van der Waals surface area contributed by atoms with Crippen LogP contribution in [0.2, 0.25) is 0 Å². The molecule has 1 aromatic heterocycles. The van der Waals surface area contributed by atoms with Crippen molar-refractivity contribution in [2.24, 2.45) is 0 Å². The lowest BCUT2D eigenvalue weighted by Crippen LogP contribution is -2.07. The molecule has 19 heavy (non-hydrogen) atoms. The van der Waals surface area contributed by atoms with Gasteiger partial charge >= 0.3 is 5.97 Å². The number of halogens is 1. The minimum absolute atomic E-state index is 0.00586. The average Bonchev–Trinajstić information content (AvgIpc) is 2.46. The van der Waals surface area contributed by atoms with E-state index >= 15 is 0 Å². The minimum Gasteiger partial charge on any atom is -0.465 e. The van der Waals surface area contributed by atoms with Gasteiger partial charge in [0.05, 0.1) is 18.4 Å². The first-order valence-electron chi connectivity index (χ1n) is 5.46. The minimum atomic E-state index is -0.625. The number of esters is 1. The molecule has 0 fully saturated rings. The summed E-state index contributed by atoms with van der Waals surface area (Å²) in [4.78, 5) is 26.4. The molecule has 0 unspecified atom stereocenters. The van der Waals surface area contributed by atoms with E-state index < -0.39 is 5.97 Å². The van der Waals surface area contributed by atoms with Gasteiger partial charge in [-0.15, -0.1) is 0 Å². The number of hydrogen-bond donors (Lipinski definition) is 0. The Kier molecular flexibility index (Phi) is 3.66. The fourth-order valence-corrected chi connectivity index (χ4v) is 1.63. The van der Waals surface area contributed by atoms with Gasteiger partial charge in [0.15, 0.2) is 6.29 Å². The second-order valence-corrected chi connectivity index (χ2v) is 3.75. The first kappa shape index (κ1) is 12.9. The molecule has 96 valence electrons. The van der Waals surface area contributed by atoms with Gasteiger partial charge in [0.25, 0.3) is 0 Å². The number of nitrogens with zero attached hydrogens (tertiary/aromatic N) is 1. The predicted octanol–water partition coefficient (Wildman–Crippen LogP) is 2.49. The number of hydrogen-bond acceptors (Lipinski definition) is 4. The molecule has 0 bridgehead atoms. The molecule has 2 aromatic rings. The number of aromatic nitrogens is 1. The first-order chi connectivity index (χ1) is 9.15. The SMILES string of the molecule is COC(=O)c1ccc(-c2ccc(F)cc2)nc1C=O. The molecule has 0 radical (unpaired) electrons. The third-order valence-corrected chi connectivity index (χ3v) is 2.58. The monoisotopic (exact) mass is 259 g/mol. The van der Waals surface area contributed by atoms with Crippen molar-refractivity contribution < 1.29 is 18.7 Å². The summed E-state index contributed by atoms with van der Waals surface area (Å²) in [6.45, 7) is 0. The number of rotatable bonds is 3. The van der Waals surface area contributed by atoms with Gasteiger partial charge in [0, 0.05) is 5.56 Å². The lowest BCUT2D eigenvalue weighted by Gasteiger charge is -2.05. The second-order valence-electron chi connectivity index (χ2n) is 3.75. The average molecular weight is 259 g/mol. The highest BCUT2D eigenvalue weighted by Gasteiger charge is 2.13. The molecular formula is C14H10FNO3. The lowest BCUT2D eigenvalue weighted by molar-refractivity contribution is 0.0597. The molecule has 1 heterocycles. The zero-order valence-electron chi connectivity index (χ0n) is 10.1. The van der Waals surface area contributed by atoms with Crippen LogP contribution in [0.4, 0.5) is 4.39 Å². The molecule has 0 atom stereocenters. The zero-order chi connectivity index (χ0) is 13.8. The third kappa shape index (κ3) is 2.65. The summed E-state index contributed by atoms with van der Waals surface area (Å²) in [6.07, 6.45) is 0.485. The number of aldehydes is 1. The smallest absolute Gasteiger partial charge is 0.340 e. The largest absolute Gasteiger partial charge is 0.465 e. The molecule has 1 aromatic carbocycles. The summed E-state index contributed by atoms with van der Waals surface area (Å²) < 4.78 is 17.4. The predicted molar refractivity (Wildman–Crippen MR) is 66.4 cm³/mol. The molecule has 0 amide bonds.